The minimum Gasteiger partial charge on any atom is -0.481 e. The van der Waals surface area contributed by atoms with Gasteiger partial charge in [0.2, 0.25) is 0 Å². The first-order valence-corrected chi connectivity index (χ1v) is 9.08. The zero-order valence-electron chi connectivity index (χ0n) is 15.9. The highest BCUT2D eigenvalue weighted by molar-refractivity contribution is 5.98. The number of carbonyl (C=O) groups is 2. The van der Waals surface area contributed by atoms with Gasteiger partial charge in [-0.25, -0.2) is 0 Å². The molecule has 0 aliphatic heterocycles. The minimum atomic E-state index is -0.900. The van der Waals surface area contributed by atoms with E-state index in [0.29, 0.717) is 24.9 Å². The summed E-state index contributed by atoms with van der Waals surface area (Å²) in [5.74, 6) is -1.59. The second-order valence-electron chi connectivity index (χ2n) is 6.36. The third-order valence-corrected chi connectivity index (χ3v) is 4.15. The van der Waals surface area contributed by atoms with Gasteiger partial charge in [-0.1, -0.05) is 24.6 Å². The second-order valence-corrected chi connectivity index (χ2v) is 6.36. The fourth-order valence-electron chi connectivity index (χ4n) is 2.71. The van der Waals surface area contributed by atoms with Crippen LogP contribution in [0.5, 0.6) is 0 Å². The number of nitrogens with one attached hydrogen (secondary N) is 2. The van der Waals surface area contributed by atoms with Crippen molar-refractivity contribution in [2.24, 2.45) is 0 Å². The summed E-state index contributed by atoms with van der Waals surface area (Å²) in [5.41, 5.74) is -1.31. The molecule has 1 amide bonds. The van der Waals surface area contributed by atoms with Gasteiger partial charge < -0.3 is 15.7 Å². The van der Waals surface area contributed by atoms with Gasteiger partial charge in [-0.15, -0.1) is 0 Å². The minimum absolute atomic E-state index is 0.0300. The van der Waals surface area contributed by atoms with Crippen LogP contribution in [-0.2, 0) is 4.79 Å². The molecule has 2 aromatic carbocycles. The van der Waals surface area contributed by atoms with Crippen LogP contribution in [0.1, 0.15) is 36.0 Å². The van der Waals surface area contributed by atoms with Gasteiger partial charge in [0.1, 0.15) is 0 Å². The summed E-state index contributed by atoms with van der Waals surface area (Å²) in [6.07, 6.45) is 1.58. The number of anilines is 2. The first kappa shape index (κ1) is 22.3. The lowest BCUT2D eigenvalue weighted by molar-refractivity contribution is -0.392. The molecule has 0 heterocycles. The van der Waals surface area contributed by atoms with Crippen molar-refractivity contribution < 1.29 is 24.5 Å². The van der Waals surface area contributed by atoms with Crippen LogP contribution in [0.25, 0.3) is 0 Å². The van der Waals surface area contributed by atoms with E-state index in [9.17, 15) is 29.8 Å². The molecule has 0 aromatic heterocycles. The van der Waals surface area contributed by atoms with Gasteiger partial charge in [0.25, 0.3) is 5.91 Å². The van der Waals surface area contributed by atoms with Crippen molar-refractivity contribution in [3.8, 4) is 0 Å². The molecule has 2 rings (SSSR count). The number of para-hydroxylation sites is 1. The van der Waals surface area contributed by atoms with Crippen LogP contribution in [-0.4, -0.2) is 33.4 Å². The molecule has 0 saturated heterocycles. The van der Waals surface area contributed by atoms with E-state index in [0.717, 1.165) is 12.1 Å². The van der Waals surface area contributed by atoms with Crippen LogP contribution in [0.4, 0.5) is 22.7 Å². The zero-order valence-corrected chi connectivity index (χ0v) is 15.9. The number of amides is 1. The van der Waals surface area contributed by atoms with Crippen molar-refractivity contribution >= 4 is 34.6 Å². The third-order valence-electron chi connectivity index (χ3n) is 4.15. The fourth-order valence-corrected chi connectivity index (χ4v) is 2.71. The second kappa shape index (κ2) is 10.5. The Morgan fingerprint density at radius 3 is 2.07 bits per heavy atom. The predicted molar refractivity (Wildman–Crippen MR) is 108 cm³/mol. The monoisotopic (exact) mass is 416 g/mol. The summed E-state index contributed by atoms with van der Waals surface area (Å²) in [6, 6.07) is 10.2. The quantitative estimate of drug-likeness (QED) is 0.284. The van der Waals surface area contributed by atoms with Crippen molar-refractivity contribution in [3.05, 3.63) is 68.3 Å². The molecule has 11 heteroatoms. The van der Waals surface area contributed by atoms with Crippen molar-refractivity contribution in [2.45, 2.75) is 25.7 Å². The number of nitro benzene ring substituents is 2. The summed E-state index contributed by atoms with van der Waals surface area (Å²) in [5, 5.41) is 36.8. The molecule has 158 valence electrons. The number of nitrogens with zero attached hydrogens (tertiary/aromatic N) is 2. The first-order chi connectivity index (χ1) is 14.3. The molecule has 0 fully saturated rings. The molecule has 0 radical (unpaired) electrons. The molecule has 30 heavy (non-hydrogen) atoms. The highest BCUT2D eigenvalue weighted by Gasteiger charge is 2.28. The highest BCUT2D eigenvalue weighted by Crippen LogP contribution is 2.37. The molecule has 3 N–H and O–H groups in total. The largest absolute Gasteiger partial charge is 0.481 e. The van der Waals surface area contributed by atoms with Gasteiger partial charge >= 0.3 is 17.3 Å². The van der Waals surface area contributed by atoms with Crippen molar-refractivity contribution in [2.75, 3.05) is 11.9 Å². The van der Waals surface area contributed by atoms with Gasteiger partial charge in [0.05, 0.1) is 15.4 Å². The molecular weight excluding hydrogens is 396 g/mol. The Balaban J connectivity index is 2.20. The lowest BCUT2D eigenvalue weighted by atomic mass is 10.1. The van der Waals surface area contributed by atoms with E-state index in [-0.39, 0.29) is 24.2 Å². The number of aliphatic carboxylic acids is 1. The van der Waals surface area contributed by atoms with Crippen LogP contribution in [0.2, 0.25) is 0 Å². The topological polar surface area (TPSA) is 165 Å². The highest BCUT2D eigenvalue weighted by atomic mass is 16.6. The molecular formula is C19H20N4O7. The van der Waals surface area contributed by atoms with Crippen LogP contribution in [0.3, 0.4) is 0 Å². The predicted octanol–water partition coefficient (Wildman–Crippen LogP) is 3.62. The Hall–Kier alpha value is -4.02. The number of nitro groups is 2. The maximum absolute atomic E-state index is 12.3. The Bertz CT molecular complexity index is 912. The van der Waals surface area contributed by atoms with E-state index in [1.807, 2.05) is 0 Å². The lowest BCUT2D eigenvalue weighted by Gasteiger charge is -2.10. The van der Waals surface area contributed by atoms with E-state index in [1.165, 1.54) is 0 Å². The molecule has 0 spiro atoms. The Morgan fingerprint density at radius 2 is 1.53 bits per heavy atom. The van der Waals surface area contributed by atoms with Crippen molar-refractivity contribution in [3.63, 3.8) is 0 Å². The van der Waals surface area contributed by atoms with Gasteiger partial charge in [0, 0.05) is 30.8 Å². The van der Waals surface area contributed by atoms with Crippen LogP contribution in [0.15, 0.2) is 42.5 Å². The van der Waals surface area contributed by atoms with Gasteiger partial charge in [-0.05, 0) is 25.0 Å². The van der Waals surface area contributed by atoms with Gasteiger partial charge in [-0.3, -0.25) is 29.8 Å². The lowest BCUT2D eigenvalue weighted by Crippen LogP contribution is -2.24. The van der Waals surface area contributed by atoms with Gasteiger partial charge in [-0.2, -0.15) is 0 Å². The van der Waals surface area contributed by atoms with E-state index in [2.05, 4.69) is 10.6 Å². The zero-order chi connectivity index (χ0) is 22.1. The molecule has 0 unspecified atom stereocenters. The fraction of sp³-hybridized carbons (Fsp3) is 0.263. The number of carboxylic acids is 1. The smallest absolute Gasteiger partial charge is 0.303 e. The van der Waals surface area contributed by atoms with Crippen LogP contribution < -0.4 is 10.6 Å². The average Bonchev–Trinajstić information content (AvgIpc) is 2.70. The Morgan fingerprint density at radius 1 is 0.933 bits per heavy atom. The maximum atomic E-state index is 12.3. The van der Waals surface area contributed by atoms with Gasteiger partial charge in [0.15, 0.2) is 5.69 Å². The summed E-state index contributed by atoms with van der Waals surface area (Å²) in [6.45, 7) is 0.212. The van der Waals surface area contributed by atoms with E-state index >= 15 is 0 Å². The maximum Gasteiger partial charge on any atom is 0.303 e. The third kappa shape index (κ3) is 6.26. The SMILES string of the molecule is O=C(O)CCCCCNC(=O)c1cc([N+](=O)[O-])c(Nc2ccccc2)c([N+](=O)[O-])c1. The van der Waals surface area contributed by atoms with Crippen LogP contribution in [0, 0.1) is 20.2 Å². The van der Waals surface area contributed by atoms with Crippen LogP contribution >= 0.6 is 0 Å². The van der Waals surface area contributed by atoms with E-state index in [4.69, 9.17) is 5.11 Å². The number of carbonyl (C=O) groups excluding carboxylic acids is 1. The molecule has 11 nitrogen and oxygen atoms in total. The van der Waals surface area contributed by atoms with Crippen molar-refractivity contribution in [1.82, 2.24) is 5.32 Å². The first-order valence-electron chi connectivity index (χ1n) is 9.08. The Labute approximate surface area is 171 Å². The molecule has 0 aliphatic rings. The molecule has 0 saturated carbocycles. The summed E-state index contributed by atoms with van der Waals surface area (Å²) in [4.78, 5) is 44.2. The number of hydrogen-bond acceptors (Lipinski definition) is 7. The Kier molecular flexibility index (Phi) is 7.80. The number of unbranched alkanes of at least 4 members (excludes halogenated alkanes) is 2. The summed E-state index contributed by atoms with van der Waals surface area (Å²) < 4.78 is 0. The van der Waals surface area contributed by atoms with E-state index < -0.39 is 33.1 Å². The standard InChI is InChI=1S/C19H20N4O7/c24-17(25)9-5-2-6-10-20-19(26)13-11-15(22(27)28)18(16(12-13)23(29)30)21-14-7-3-1-4-8-14/h1,3-4,7-8,11-12,21H,2,5-6,9-10H2,(H,20,26)(H,24,25). The number of rotatable bonds is 11. The molecule has 2 aromatic rings. The summed E-state index contributed by atoms with van der Waals surface area (Å²) in [7, 11) is 0. The normalized spacial score (nSPS) is 10.3. The molecule has 0 atom stereocenters. The van der Waals surface area contributed by atoms with E-state index in [1.54, 1.807) is 30.3 Å². The average molecular weight is 416 g/mol. The number of carboxylic acid groups (broad SMARTS) is 1. The molecule has 0 aliphatic carbocycles. The number of benzene rings is 2. The summed E-state index contributed by atoms with van der Waals surface area (Å²) >= 11 is 0. The molecule has 0 bridgehead atoms. The van der Waals surface area contributed by atoms with Crippen molar-refractivity contribution in [1.29, 1.82) is 0 Å². The number of hydrogen-bond donors (Lipinski definition) is 3.